The van der Waals surface area contributed by atoms with E-state index in [2.05, 4.69) is 29.5 Å². The molecule has 0 saturated carbocycles. The molecule has 0 heterocycles. The molecule has 0 spiro atoms. The van der Waals surface area contributed by atoms with Crippen LogP contribution in [0.5, 0.6) is 0 Å². The van der Waals surface area contributed by atoms with Gasteiger partial charge < -0.3 is 10.6 Å². The summed E-state index contributed by atoms with van der Waals surface area (Å²) in [6.45, 7) is 10.7. The Kier molecular flexibility index (Phi) is 9.58. The van der Waals surface area contributed by atoms with E-state index in [1.165, 1.54) is 4.31 Å². The van der Waals surface area contributed by atoms with Crippen LogP contribution in [-0.4, -0.2) is 57.7 Å². The summed E-state index contributed by atoms with van der Waals surface area (Å²) < 4.78 is 24.6. The van der Waals surface area contributed by atoms with Gasteiger partial charge in [-0.15, -0.1) is 0 Å². The number of aliphatic imine (C=N–C) groups is 1. The fourth-order valence-electron chi connectivity index (χ4n) is 1.48. The maximum absolute atomic E-state index is 11.6. The average Bonchev–Trinajstić information content (AvgIpc) is 2.40. The van der Waals surface area contributed by atoms with Gasteiger partial charge in [-0.2, -0.15) is 0 Å². The lowest BCUT2D eigenvalue weighted by Gasteiger charge is -2.17. The molecule has 120 valence electrons. The molecule has 0 aliphatic heterocycles. The smallest absolute Gasteiger partial charge is 0.213 e. The molecule has 0 rings (SSSR count). The van der Waals surface area contributed by atoms with Gasteiger partial charge in [-0.3, -0.25) is 4.99 Å². The Morgan fingerprint density at radius 2 is 1.90 bits per heavy atom. The standard InChI is InChI=1S/C13H30N4O2S/c1-6-14-13(16-11-12(3)4)15-9-8-10-17(5)20(18,19)7-2/h12H,6-11H2,1-5H3,(H2,14,15,16). The topological polar surface area (TPSA) is 73.8 Å². The summed E-state index contributed by atoms with van der Waals surface area (Å²) in [5.41, 5.74) is 0. The Labute approximate surface area is 124 Å². The highest BCUT2D eigenvalue weighted by Crippen LogP contribution is 1.98. The van der Waals surface area contributed by atoms with E-state index in [0.29, 0.717) is 19.0 Å². The van der Waals surface area contributed by atoms with E-state index in [1.54, 1.807) is 14.0 Å². The van der Waals surface area contributed by atoms with Crippen LogP contribution in [0.25, 0.3) is 0 Å². The Balaban J connectivity index is 4.10. The largest absolute Gasteiger partial charge is 0.357 e. The highest BCUT2D eigenvalue weighted by molar-refractivity contribution is 7.89. The van der Waals surface area contributed by atoms with E-state index in [0.717, 1.165) is 25.5 Å². The molecule has 0 unspecified atom stereocenters. The maximum atomic E-state index is 11.6. The summed E-state index contributed by atoms with van der Waals surface area (Å²) in [6, 6.07) is 0. The zero-order valence-corrected chi connectivity index (χ0v) is 14.3. The van der Waals surface area contributed by atoms with Crippen LogP contribution in [0.15, 0.2) is 4.99 Å². The van der Waals surface area contributed by atoms with E-state index in [-0.39, 0.29) is 5.75 Å². The lowest BCUT2D eigenvalue weighted by Crippen LogP contribution is -2.39. The molecule has 0 aliphatic carbocycles. The number of nitrogens with one attached hydrogen (secondary N) is 2. The molecule has 0 amide bonds. The lowest BCUT2D eigenvalue weighted by atomic mass is 10.2. The molecule has 7 heteroatoms. The molecule has 0 fully saturated rings. The molecule has 0 saturated heterocycles. The first kappa shape index (κ1) is 19.2. The van der Waals surface area contributed by atoms with Crippen LogP contribution < -0.4 is 10.6 Å². The first-order valence-corrected chi connectivity index (χ1v) is 8.90. The second-order valence-corrected chi connectivity index (χ2v) is 7.48. The van der Waals surface area contributed by atoms with Crippen molar-refractivity contribution < 1.29 is 8.42 Å². The molecule has 6 nitrogen and oxygen atoms in total. The number of hydrogen-bond acceptors (Lipinski definition) is 3. The maximum Gasteiger partial charge on any atom is 0.213 e. The van der Waals surface area contributed by atoms with Crippen molar-refractivity contribution in [3.05, 3.63) is 0 Å². The van der Waals surface area contributed by atoms with Gasteiger partial charge in [-0.25, -0.2) is 12.7 Å². The first-order chi connectivity index (χ1) is 9.33. The fourth-order valence-corrected chi connectivity index (χ4v) is 2.33. The van der Waals surface area contributed by atoms with Crippen molar-refractivity contribution in [1.82, 2.24) is 14.9 Å². The van der Waals surface area contributed by atoms with Crippen LogP contribution in [0.1, 0.15) is 34.1 Å². The summed E-state index contributed by atoms with van der Waals surface area (Å²) in [4.78, 5) is 4.46. The summed E-state index contributed by atoms with van der Waals surface area (Å²) in [5, 5.41) is 6.39. The summed E-state index contributed by atoms with van der Waals surface area (Å²) in [6.07, 6.45) is 0.752. The minimum atomic E-state index is -3.07. The molecule has 2 N–H and O–H groups in total. The minimum Gasteiger partial charge on any atom is -0.357 e. The highest BCUT2D eigenvalue weighted by atomic mass is 32.2. The van der Waals surface area contributed by atoms with Gasteiger partial charge in [0.25, 0.3) is 0 Å². The third kappa shape index (κ3) is 8.37. The van der Waals surface area contributed by atoms with Crippen molar-refractivity contribution in [3.8, 4) is 0 Å². The van der Waals surface area contributed by atoms with Crippen molar-refractivity contribution in [1.29, 1.82) is 0 Å². The molecule has 0 radical (unpaired) electrons. The Morgan fingerprint density at radius 1 is 1.25 bits per heavy atom. The van der Waals surface area contributed by atoms with Crippen molar-refractivity contribution in [2.75, 3.05) is 39.0 Å². The fraction of sp³-hybridized carbons (Fsp3) is 0.923. The Bertz CT molecular complexity index is 380. The van der Waals surface area contributed by atoms with Gasteiger partial charge in [0.2, 0.25) is 10.0 Å². The quantitative estimate of drug-likeness (QED) is 0.377. The van der Waals surface area contributed by atoms with E-state index in [9.17, 15) is 8.42 Å². The van der Waals surface area contributed by atoms with Gasteiger partial charge in [0, 0.05) is 33.2 Å². The SMILES string of the molecule is CCNC(=NCC(C)C)NCCCN(C)S(=O)(=O)CC. The normalized spacial score (nSPS) is 13.1. The van der Waals surface area contributed by atoms with Crippen molar-refractivity contribution in [3.63, 3.8) is 0 Å². The molecule has 0 atom stereocenters. The van der Waals surface area contributed by atoms with Crippen molar-refractivity contribution >= 4 is 16.0 Å². The van der Waals surface area contributed by atoms with Gasteiger partial charge >= 0.3 is 0 Å². The second-order valence-electron chi connectivity index (χ2n) is 5.12. The first-order valence-electron chi connectivity index (χ1n) is 7.29. The summed E-state index contributed by atoms with van der Waals surface area (Å²) in [5.74, 6) is 1.46. The molecule has 0 aromatic rings. The van der Waals surface area contributed by atoms with Gasteiger partial charge in [-0.1, -0.05) is 13.8 Å². The van der Waals surface area contributed by atoms with Crippen LogP contribution in [0.4, 0.5) is 0 Å². The predicted octanol–water partition coefficient (Wildman–Crippen LogP) is 0.869. The lowest BCUT2D eigenvalue weighted by molar-refractivity contribution is 0.461. The minimum absolute atomic E-state index is 0.148. The predicted molar refractivity (Wildman–Crippen MR) is 85.5 cm³/mol. The monoisotopic (exact) mass is 306 g/mol. The van der Waals surface area contributed by atoms with Crippen LogP contribution in [0, 0.1) is 5.92 Å². The number of rotatable bonds is 9. The summed E-state index contributed by atoms with van der Waals surface area (Å²) >= 11 is 0. The molecular weight excluding hydrogens is 276 g/mol. The van der Waals surface area contributed by atoms with Crippen LogP contribution in [0.2, 0.25) is 0 Å². The van der Waals surface area contributed by atoms with E-state index in [1.807, 2.05) is 6.92 Å². The zero-order valence-electron chi connectivity index (χ0n) is 13.4. The van der Waals surface area contributed by atoms with E-state index in [4.69, 9.17) is 0 Å². The number of guanidine groups is 1. The van der Waals surface area contributed by atoms with Gasteiger partial charge in [0.15, 0.2) is 5.96 Å². The van der Waals surface area contributed by atoms with Crippen molar-refractivity contribution in [2.24, 2.45) is 10.9 Å². The third-order valence-electron chi connectivity index (χ3n) is 2.74. The Morgan fingerprint density at radius 3 is 2.40 bits per heavy atom. The van der Waals surface area contributed by atoms with Gasteiger partial charge in [-0.05, 0) is 26.2 Å². The number of nitrogens with zero attached hydrogens (tertiary/aromatic N) is 2. The van der Waals surface area contributed by atoms with Gasteiger partial charge in [0.1, 0.15) is 0 Å². The third-order valence-corrected chi connectivity index (χ3v) is 4.60. The number of hydrogen-bond donors (Lipinski definition) is 2. The van der Waals surface area contributed by atoms with E-state index < -0.39 is 10.0 Å². The van der Waals surface area contributed by atoms with Crippen LogP contribution in [0.3, 0.4) is 0 Å². The molecule has 0 bridgehead atoms. The summed E-state index contributed by atoms with van der Waals surface area (Å²) in [7, 11) is -1.45. The molecular formula is C13H30N4O2S. The van der Waals surface area contributed by atoms with Crippen molar-refractivity contribution in [2.45, 2.75) is 34.1 Å². The van der Waals surface area contributed by atoms with Crippen LogP contribution in [-0.2, 0) is 10.0 Å². The Hall–Kier alpha value is -0.820. The average molecular weight is 306 g/mol. The zero-order chi connectivity index (χ0) is 15.6. The molecule has 0 aliphatic rings. The highest BCUT2D eigenvalue weighted by Gasteiger charge is 2.13. The van der Waals surface area contributed by atoms with E-state index >= 15 is 0 Å². The van der Waals surface area contributed by atoms with Gasteiger partial charge in [0.05, 0.1) is 5.75 Å². The van der Waals surface area contributed by atoms with Crippen LogP contribution >= 0.6 is 0 Å². The number of sulfonamides is 1. The second kappa shape index (κ2) is 9.99. The molecule has 20 heavy (non-hydrogen) atoms. The molecule has 0 aromatic heterocycles. The molecule has 0 aromatic carbocycles.